The van der Waals surface area contributed by atoms with E-state index in [1.54, 1.807) is 16.0 Å². The van der Waals surface area contributed by atoms with Crippen molar-refractivity contribution in [2.45, 2.75) is 71.1 Å². The highest BCUT2D eigenvalue weighted by Gasteiger charge is 2.28. The van der Waals surface area contributed by atoms with Gasteiger partial charge in [-0.1, -0.05) is 32.3 Å². The van der Waals surface area contributed by atoms with E-state index in [0.717, 1.165) is 72.7 Å². The molecule has 1 amide bonds. The lowest BCUT2D eigenvalue weighted by atomic mass is 9.79. The largest absolute Gasteiger partial charge is 0.310 e. The smallest absolute Gasteiger partial charge is 0.255 e. The highest BCUT2D eigenvalue weighted by atomic mass is 32.1. The molecule has 8 heteroatoms. The van der Waals surface area contributed by atoms with Crippen LogP contribution in [-0.2, 0) is 17.6 Å². The summed E-state index contributed by atoms with van der Waals surface area (Å²) in [5, 5.41) is 9.82. The summed E-state index contributed by atoms with van der Waals surface area (Å²) in [6.45, 7) is 2.23. The number of aryl methyl sites for hydroxylation is 1. The Morgan fingerprint density at radius 1 is 1.27 bits per heavy atom. The summed E-state index contributed by atoms with van der Waals surface area (Å²) in [6, 6.07) is 5.85. The van der Waals surface area contributed by atoms with Crippen LogP contribution in [0.1, 0.15) is 69.5 Å². The van der Waals surface area contributed by atoms with E-state index in [1.165, 1.54) is 19.3 Å². The molecule has 3 aromatic rings. The fourth-order valence-corrected chi connectivity index (χ4v) is 5.82. The summed E-state index contributed by atoms with van der Waals surface area (Å²) in [6.07, 6.45) is 10.4. The van der Waals surface area contributed by atoms with Crippen LogP contribution in [0.5, 0.6) is 0 Å². The number of hydrogen-bond acceptors (Lipinski definition) is 5. The number of thiophene rings is 1. The minimum atomic E-state index is -0.108. The van der Waals surface area contributed by atoms with Gasteiger partial charge in [0.2, 0.25) is 11.9 Å². The topological polar surface area (TPSA) is 92.7 Å². The average molecular weight is 466 g/mol. The molecule has 33 heavy (non-hydrogen) atoms. The maximum atomic E-state index is 13.2. The summed E-state index contributed by atoms with van der Waals surface area (Å²) in [5.41, 5.74) is 2.26. The zero-order valence-electron chi connectivity index (χ0n) is 19.1. The van der Waals surface area contributed by atoms with Crippen molar-refractivity contribution in [2.24, 2.45) is 11.8 Å². The predicted molar refractivity (Wildman–Crippen MR) is 131 cm³/mol. The minimum Gasteiger partial charge on any atom is -0.310 e. The molecule has 2 aliphatic carbocycles. The van der Waals surface area contributed by atoms with E-state index in [4.69, 9.17) is 10.1 Å². The van der Waals surface area contributed by atoms with Crippen molar-refractivity contribution >= 4 is 23.1 Å². The van der Waals surface area contributed by atoms with Gasteiger partial charge in [0.1, 0.15) is 11.5 Å². The van der Waals surface area contributed by atoms with Crippen molar-refractivity contribution in [3.63, 3.8) is 0 Å². The summed E-state index contributed by atoms with van der Waals surface area (Å²) in [5.74, 6) is 1.72. The molecule has 3 aromatic heterocycles. The molecule has 1 fully saturated rings. The lowest BCUT2D eigenvalue weighted by molar-refractivity contribution is -0.121. The number of aromatic amines is 1. The third kappa shape index (κ3) is 4.67. The Hall–Kier alpha value is -2.74. The third-order valence-electron chi connectivity index (χ3n) is 7.05. The molecule has 0 saturated heterocycles. The van der Waals surface area contributed by atoms with Gasteiger partial charge >= 0.3 is 0 Å². The molecule has 174 valence electrons. The molecule has 0 radical (unpaired) electrons. The number of unbranched alkanes of at least 4 members (excludes halogenated alkanes) is 1. The van der Waals surface area contributed by atoms with Crippen LogP contribution in [0.4, 0.5) is 5.82 Å². The molecule has 0 aromatic carbocycles. The molecular formula is C25H31N5O2S. The number of rotatable bonds is 7. The number of carbonyl (C=O) groups is 1. The van der Waals surface area contributed by atoms with Crippen molar-refractivity contribution in [3.05, 3.63) is 45.2 Å². The molecule has 3 heterocycles. The molecule has 0 atom stereocenters. The van der Waals surface area contributed by atoms with Crippen molar-refractivity contribution in [1.82, 2.24) is 19.7 Å². The van der Waals surface area contributed by atoms with Crippen LogP contribution in [0.3, 0.4) is 0 Å². The first-order valence-corrected chi connectivity index (χ1v) is 13.1. The fourth-order valence-electron chi connectivity index (χ4n) is 5.14. The first kappa shape index (κ1) is 22.1. The van der Waals surface area contributed by atoms with Crippen LogP contribution in [0.25, 0.3) is 16.5 Å². The van der Waals surface area contributed by atoms with E-state index in [0.29, 0.717) is 11.8 Å². The zero-order valence-corrected chi connectivity index (χ0v) is 19.9. The molecule has 0 spiro atoms. The minimum absolute atomic E-state index is 0.0171. The summed E-state index contributed by atoms with van der Waals surface area (Å²) >= 11 is 1.59. The maximum absolute atomic E-state index is 13.2. The van der Waals surface area contributed by atoms with Crippen LogP contribution in [0.15, 0.2) is 28.4 Å². The lowest BCUT2D eigenvalue weighted by Gasteiger charge is -2.27. The highest BCUT2D eigenvalue weighted by Crippen LogP contribution is 2.33. The number of fused-ring (bicyclic) bond motifs is 1. The molecular weight excluding hydrogens is 434 g/mol. The number of anilines is 1. The Bertz CT molecular complexity index is 1170. The highest BCUT2D eigenvalue weighted by molar-refractivity contribution is 7.13. The Kier molecular flexibility index (Phi) is 6.44. The predicted octanol–water partition coefficient (Wildman–Crippen LogP) is 5.11. The van der Waals surface area contributed by atoms with Gasteiger partial charge in [-0.3, -0.25) is 14.6 Å². The SMILES string of the molecule is CCCCC1CCC(C(=O)Nc2cc(-c3cccs3)nn2-c2nc3c(c(=O)[nH]2)CCC3)CC1. The van der Waals surface area contributed by atoms with E-state index in [2.05, 4.69) is 17.2 Å². The molecule has 7 nitrogen and oxygen atoms in total. The number of nitrogens with zero attached hydrogens (tertiary/aromatic N) is 3. The molecule has 5 rings (SSSR count). The standard InChI is InChI=1S/C25H31N5O2S/c1-2-3-6-16-10-12-17(13-11-16)23(31)27-22-15-20(21-9-5-14-33-21)29-30(22)25-26-19-8-4-7-18(19)24(32)28-25/h5,9,14-17H,2-4,6-8,10-13H2,1H3,(H,27,31)(H,26,28,32). The quantitative estimate of drug-likeness (QED) is 0.507. The number of aromatic nitrogens is 4. The maximum Gasteiger partial charge on any atom is 0.255 e. The first-order valence-electron chi connectivity index (χ1n) is 12.2. The monoisotopic (exact) mass is 465 g/mol. The van der Waals surface area contributed by atoms with Crippen molar-refractivity contribution < 1.29 is 4.79 Å². The number of hydrogen-bond donors (Lipinski definition) is 2. The van der Waals surface area contributed by atoms with Crippen LogP contribution >= 0.6 is 11.3 Å². The van der Waals surface area contributed by atoms with Gasteiger partial charge in [-0.05, 0) is 62.3 Å². The van der Waals surface area contributed by atoms with E-state index < -0.39 is 0 Å². The molecule has 0 unspecified atom stereocenters. The summed E-state index contributed by atoms with van der Waals surface area (Å²) < 4.78 is 1.58. The molecule has 0 bridgehead atoms. The van der Waals surface area contributed by atoms with Crippen LogP contribution in [0, 0.1) is 11.8 Å². The van der Waals surface area contributed by atoms with E-state index in [1.807, 2.05) is 23.6 Å². The van der Waals surface area contributed by atoms with Gasteiger partial charge in [0, 0.05) is 17.5 Å². The van der Waals surface area contributed by atoms with Crippen LogP contribution < -0.4 is 10.9 Å². The van der Waals surface area contributed by atoms with Gasteiger partial charge in [0.15, 0.2) is 0 Å². The Morgan fingerprint density at radius 2 is 2.12 bits per heavy atom. The van der Waals surface area contributed by atoms with Crippen molar-refractivity contribution in [3.8, 4) is 16.5 Å². The second kappa shape index (κ2) is 9.63. The molecule has 0 aliphatic heterocycles. The Balaban J connectivity index is 1.40. The number of carbonyl (C=O) groups excluding carboxylic acids is 1. The Morgan fingerprint density at radius 3 is 2.88 bits per heavy atom. The van der Waals surface area contributed by atoms with E-state index in [-0.39, 0.29) is 17.4 Å². The third-order valence-corrected chi connectivity index (χ3v) is 7.94. The second-order valence-corrected chi connectivity index (χ2v) is 10.3. The summed E-state index contributed by atoms with van der Waals surface area (Å²) in [7, 11) is 0. The van der Waals surface area contributed by atoms with Gasteiger partial charge in [-0.15, -0.1) is 11.3 Å². The average Bonchev–Trinajstić information content (AvgIpc) is 3.58. The van der Waals surface area contributed by atoms with Gasteiger partial charge in [0.25, 0.3) is 5.56 Å². The van der Waals surface area contributed by atoms with Gasteiger partial charge in [0.05, 0.1) is 10.6 Å². The zero-order chi connectivity index (χ0) is 22.8. The van der Waals surface area contributed by atoms with Gasteiger partial charge in [-0.2, -0.15) is 9.78 Å². The van der Waals surface area contributed by atoms with Crippen molar-refractivity contribution in [1.29, 1.82) is 0 Å². The van der Waals surface area contributed by atoms with Crippen molar-refractivity contribution in [2.75, 3.05) is 5.32 Å². The summed E-state index contributed by atoms with van der Waals surface area (Å²) in [4.78, 5) is 34.4. The second-order valence-electron chi connectivity index (χ2n) is 9.32. The van der Waals surface area contributed by atoms with E-state index >= 15 is 0 Å². The number of H-pyrrole nitrogens is 1. The fraction of sp³-hybridized carbons (Fsp3) is 0.520. The normalized spacial score (nSPS) is 20.0. The van der Waals surface area contributed by atoms with Crippen LogP contribution in [-0.4, -0.2) is 25.7 Å². The first-order chi connectivity index (χ1) is 16.1. The molecule has 2 N–H and O–H groups in total. The van der Waals surface area contributed by atoms with Crippen LogP contribution in [0.2, 0.25) is 0 Å². The lowest BCUT2D eigenvalue weighted by Crippen LogP contribution is -2.28. The molecule has 2 aliphatic rings. The molecule has 1 saturated carbocycles. The van der Waals surface area contributed by atoms with Gasteiger partial charge in [-0.25, -0.2) is 4.98 Å². The van der Waals surface area contributed by atoms with Gasteiger partial charge < -0.3 is 5.32 Å². The van der Waals surface area contributed by atoms with E-state index in [9.17, 15) is 9.59 Å². The number of amides is 1. The Labute approximate surface area is 197 Å². The number of nitrogens with one attached hydrogen (secondary N) is 2.